The van der Waals surface area contributed by atoms with Crippen molar-refractivity contribution in [3.63, 3.8) is 0 Å². The van der Waals surface area contributed by atoms with E-state index in [1.54, 1.807) is 19.9 Å². The van der Waals surface area contributed by atoms with Gasteiger partial charge in [0.1, 0.15) is 0 Å². The number of aromatic nitrogens is 2. The summed E-state index contributed by atoms with van der Waals surface area (Å²) in [5.74, 6) is 0. The van der Waals surface area contributed by atoms with Gasteiger partial charge in [0, 0.05) is 31.6 Å². The lowest BCUT2D eigenvalue weighted by Gasteiger charge is -2.25. The van der Waals surface area contributed by atoms with Crippen molar-refractivity contribution in [1.29, 1.82) is 0 Å². The Morgan fingerprint density at radius 3 is 2.94 bits per heavy atom. The molecule has 1 atom stereocenters. The molecule has 0 amide bonds. The molecule has 1 aliphatic heterocycles. The molecule has 1 aromatic rings. The molecule has 4 nitrogen and oxygen atoms in total. The van der Waals surface area contributed by atoms with Gasteiger partial charge in [0.2, 0.25) is 0 Å². The standard InChI is InChI=1S/C11H16BN3OP/c1-12-16-15-6-2-9(3-7-15)11-10(8-17)13-4-5-14-11/h2,4-5H,3,6-8,17H2,1H3. The van der Waals surface area contributed by atoms with Crippen LogP contribution in [0.25, 0.3) is 5.57 Å². The normalized spacial score (nSPS) is 16.7. The molecule has 2 rings (SSSR count). The Morgan fingerprint density at radius 2 is 2.29 bits per heavy atom. The molecule has 89 valence electrons. The van der Waals surface area contributed by atoms with E-state index in [0.29, 0.717) is 0 Å². The Kier molecular flexibility index (Phi) is 4.66. The molecule has 0 N–H and O–H groups in total. The van der Waals surface area contributed by atoms with Crippen LogP contribution in [0.3, 0.4) is 0 Å². The summed E-state index contributed by atoms with van der Waals surface area (Å²) in [6.07, 6.45) is 7.45. The van der Waals surface area contributed by atoms with Gasteiger partial charge in [-0.15, -0.1) is 9.24 Å². The minimum atomic E-state index is 0.798. The summed E-state index contributed by atoms with van der Waals surface area (Å²) in [6.45, 7) is 3.57. The van der Waals surface area contributed by atoms with Crippen LogP contribution in [0.15, 0.2) is 18.5 Å². The highest BCUT2D eigenvalue weighted by Crippen LogP contribution is 2.23. The summed E-state index contributed by atoms with van der Waals surface area (Å²) in [6, 6.07) is 0. The average Bonchev–Trinajstić information content (AvgIpc) is 2.40. The summed E-state index contributed by atoms with van der Waals surface area (Å²) in [7, 11) is 4.41. The van der Waals surface area contributed by atoms with Crippen molar-refractivity contribution >= 4 is 22.3 Å². The molecular weight excluding hydrogens is 232 g/mol. The second kappa shape index (κ2) is 6.24. The van der Waals surface area contributed by atoms with Crippen LogP contribution in [0, 0.1) is 0 Å². The third-order valence-corrected chi connectivity index (χ3v) is 3.08. The van der Waals surface area contributed by atoms with Crippen LogP contribution in [0.1, 0.15) is 17.8 Å². The predicted octanol–water partition coefficient (Wildman–Crippen LogP) is 1.54. The van der Waals surface area contributed by atoms with Gasteiger partial charge in [-0.1, -0.05) is 12.9 Å². The van der Waals surface area contributed by atoms with E-state index >= 15 is 0 Å². The average molecular weight is 248 g/mol. The molecule has 0 saturated heterocycles. The Bertz CT molecular complexity index is 413. The largest absolute Gasteiger partial charge is 0.367 e. The van der Waals surface area contributed by atoms with Crippen LogP contribution in [0.5, 0.6) is 0 Å². The molecule has 6 heteroatoms. The topological polar surface area (TPSA) is 38.2 Å². The number of hydrogen-bond donors (Lipinski definition) is 0. The lowest BCUT2D eigenvalue weighted by Crippen LogP contribution is -2.29. The molecule has 2 heterocycles. The molecule has 0 aliphatic carbocycles. The molecule has 1 radical (unpaired) electrons. The van der Waals surface area contributed by atoms with Gasteiger partial charge in [0.05, 0.1) is 11.4 Å². The maximum absolute atomic E-state index is 5.35. The first-order valence-corrected chi connectivity index (χ1v) is 6.55. The highest BCUT2D eigenvalue weighted by atomic mass is 31.0. The minimum absolute atomic E-state index is 0.798. The maximum Gasteiger partial charge on any atom is 0.321 e. The van der Waals surface area contributed by atoms with E-state index in [1.165, 1.54) is 5.57 Å². The van der Waals surface area contributed by atoms with E-state index in [-0.39, 0.29) is 0 Å². The Hall–Kier alpha value is -0.765. The molecule has 17 heavy (non-hydrogen) atoms. The number of hydrogen-bond acceptors (Lipinski definition) is 4. The van der Waals surface area contributed by atoms with Gasteiger partial charge in [-0.2, -0.15) is 0 Å². The van der Waals surface area contributed by atoms with Gasteiger partial charge >= 0.3 is 7.48 Å². The van der Waals surface area contributed by atoms with Gasteiger partial charge in [-0.25, -0.2) is 5.06 Å². The fourth-order valence-corrected chi connectivity index (χ4v) is 2.19. The van der Waals surface area contributed by atoms with Crippen molar-refractivity contribution in [2.75, 3.05) is 13.1 Å². The molecule has 1 unspecified atom stereocenters. The molecule has 1 aromatic heterocycles. The van der Waals surface area contributed by atoms with E-state index in [1.807, 2.05) is 11.9 Å². The Balaban J connectivity index is 2.13. The fraction of sp³-hybridized carbons (Fsp3) is 0.455. The van der Waals surface area contributed by atoms with Gasteiger partial charge in [0.15, 0.2) is 0 Å². The summed E-state index contributed by atoms with van der Waals surface area (Å²) >= 11 is 0. The lowest BCUT2D eigenvalue weighted by atomic mass is 10.0. The van der Waals surface area contributed by atoms with Crippen molar-refractivity contribution in [3.05, 3.63) is 29.9 Å². The van der Waals surface area contributed by atoms with Crippen LogP contribution < -0.4 is 0 Å². The molecule has 0 saturated carbocycles. The zero-order valence-corrected chi connectivity index (χ0v) is 11.1. The van der Waals surface area contributed by atoms with Crippen LogP contribution in [0.4, 0.5) is 0 Å². The summed E-state index contributed by atoms with van der Waals surface area (Å²) in [5.41, 5.74) is 3.34. The van der Waals surface area contributed by atoms with Crippen molar-refractivity contribution < 1.29 is 4.76 Å². The molecular formula is C11H16BN3OP. The number of hydroxylamine groups is 2. The zero-order valence-electron chi connectivity index (χ0n) is 9.97. The monoisotopic (exact) mass is 248 g/mol. The van der Waals surface area contributed by atoms with E-state index in [4.69, 9.17) is 4.76 Å². The first-order valence-electron chi connectivity index (χ1n) is 5.74. The van der Waals surface area contributed by atoms with E-state index in [9.17, 15) is 0 Å². The van der Waals surface area contributed by atoms with Gasteiger partial charge < -0.3 is 4.76 Å². The highest BCUT2D eigenvalue weighted by Gasteiger charge is 2.16. The van der Waals surface area contributed by atoms with Crippen molar-refractivity contribution in [1.82, 2.24) is 15.0 Å². The van der Waals surface area contributed by atoms with Crippen molar-refractivity contribution in [2.45, 2.75) is 19.4 Å². The fourth-order valence-electron chi connectivity index (χ4n) is 1.89. The predicted molar refractivity (Wildman–Crippen MR) is 72.3 cm³/mol. The van der Waals surface area contributed by atoms with Crippen molar-refractivity contribution in [3.8, 4) is 0 Å². The summed E-state index contributed by atoms with van der Waals surface area (Å²) in [5, 5.41) is 1.93. The number of rotatable bonds is 4. The van der Waals surface area contributed by atoms with E-state index in [2.05, 4.69) is 25.3 Å². The first-order chi connectivity index (χ1) is 8.35. The molecule has 0 spiro atoms. The summed E-state index contributed by atoms with van der Waals surface area (Å²) in [4.78, 5) is 8.79. The van der Waals surface area contributed by atoms with Gasteiger partial charge in [-0.3, -0.25) is 9.97 Å². The summed E-state index contributed by atoms with van der Waals surface area (Å²) < 4.78 is 5.35. The van der Waals surface area contributed by atoms with Crippen LogP contribution in [0.2, 0.25) is 6.82 Å². The van der Waals surface area contributed by atoms with Gasteiger partial charge in [-0.05, 0) is 12.0 Å². The minimum Gasteiger partial charge on any atom is -0.367 e. The van der Waals surface area contributed by atoms with Crippen LogP contribution in [-0.2, 0) is 10.9 Å². The Labute approximate surface area is 105 Å². The number of nitrogens with zero attached hydrogens (tertiary/aromatic N) is 3. The second-order valence-corrected chi connectivity index (χ2v) is 4.17. The highest BCUT2D eigenvalue weighted by molar-refractivity contribution is 7.15. The van der Waals surface area contributed by atoms with E-state index < -0.39 is 0 Å². The van der Waals surface area contributed by atoms with Crippen LogP contribution in [-0.4, -0.2) is 35.6 Å². The third kappa shape index (κ3) is 3.12. The van der Waals surface area contributed by atoms with Crippen LogP contribution >= 0.6 is 9.24 Å². The van der Waals surface area contributed by atoms with Crippen molar-refractivity contribution in [2.24, 2.45) is 0 Å². The quantitative estimate of drug-likeness (QED) is 0.598. The molecule has 0 fully saturated rings. The first kappa shape index (κ1) is 12.7. The maximum atomic E-state index is 5.35. The molecule has 0 aromatic carbocycles. The molecule has 1 aliphatic rings. The zero-order chi connectivity index (χ0) is 12.1. The molecule has 0 bridgehead atoms. The lowest BCUT2D eigenvalue weighted by molar-refractivity contribution is -0.0454. The Morgan fingerprint density at radius 1 is 1.47 bits per heavy atom. The third-order valence-electron chi connectivity index (χ3n) is 2.70. The SMILES string of the molecule is C[B]ON1CC=C(c2nccnc2CP)CC1. The van der Waals surface area contributed by atoms with E-state index in [0.717, 1.165) is 37.1 Å². The smallest absolute Gasteiger partial charge is 0.321 e. The van der Waals surface area contributed by atoms with Gasteiger partial charge in [0.25, 0.3) is 0 Å². The second-order valence-electron chi connectivity index (χ2n) is 3.76.